The SMILES string of the molecule is O=C(Nc1ccc(-n2cccn2)c(F)c1)c1ccn(-c2cccc([N+](=O)[O-])c2)n1. The van der Waals surface area contributed by atoms with E-state index in [0.717, 1.165) is 0 Å². The molecule has 2 aromatic carbocycles. The van der Waals surface area contributed by atoms with Crippen LogP contribution in [-0.4, -0.2) is 30.4 Å². The van der Waals surface area contributed by atoms with Crippen LogP contribution in [0.2, 0.25) is 0 Å². The van der Waals surface area contributed by atoms with E-state index in [1.165, 1.54) is 58.2 Å². The van der Waals surface area contributed by atoms with E-state index < -0.39 is 16.6 Å². The highest BCUT2D eigenvalue weighted by Crippen LogP contribution is 2.19. The molecule has 10 heteroatoms. The Morgan fingerprint density at radius 2 is 1.93 bits per heavy atom. The summed E-state index contributed by atoms with van der Waals surface area (Å²) in [5.74, 6) is -1.09. The molecule has 0 aliphatic carbocycles. The highest BCUT2D eigenvalue weighted by Gasteiger charge is 2.14. The maximum atomic E-state index is 14.3. The Balaban J connectivity index is 1.52. The summed E-state index contributed by atoms with van der Waals surface area (Å²) in [5.41, 5.74) is 0.939. The van der Waals surface area contributed by atoms with Gasteiger partial charge in [0, 0.05) is 36.4 Å². The molecule has 144 valence electrons. The van der Waals surface area contributed by atoms with Crippen molar-refractivity contribution in [1.29, 1.82) is 0 Å². The zero-order chi connectivity index (χ0) is 20.4. The number of carbonyl (C=O) groups is 1. The number of benzene rings is 2. The Hall–Kier alpha value is -4.34. The number of halogens is 1. The molecular weight excluding hydrogens is 379 g/mol. The molecule has 0 fully saturated rings. The molecule has 29 heavy (non-hydrogen) atoms. The average molecular weight is 392 g/mol. The van der Waals surface area contributed by atoms with E-state index in [4.69, 9.17) is 0 Å². The minimum absolute atomic E-state index is 0.0769. The number of carbonyl (C=O) groups excluding carboxylic acids is 1. The molecule has 0 aliphatic rings. The van der Waals surface area contributed by atoms with Crippen LogP contribution in [0.4, 0.5) is 15.8 Å². The minimum Gasteiger partial charge on any atom is -0.320 e. The average Bonchev–Trinajstić information content (AvgIpc) is 3.40. The van der Waals surface area contributed by atoms with Gasteiger partial charge in [0.25, 0.3) is 11.6 Å². The highest BCUT2D eigenvalue weighted by atomic mass is 19.1. The molecule has 0 bridgehead atoms. The van der Waals surface area contributed by atoms with Crippen LogP contribution in [0.15, 0.2) is 73.2 Å². The molecule has 0 saturated carbocycles. The van der Waals surface area contributed by atoms with Gasteiger partial charge in [-0.2, -0.15) is 10.2 Å². The van der Waals surface area contributed by atoms with E-state index in [1.54, 1.807) is 24.4 Å². The van der Waals surface area contributed by atoms with Crippen LogP contribution < -0.4 is 5.32 Å². The van der Waals surface area contributed by atoms with Crippen molar-refractivity contribution in [3.63, 3.8) is 0 Å². The maximum Gasteiger partial charge on any atom is 0.276 e. The predicted molar refractivity (Wildman–Crippen MR) is 102 cm³/mol. The van der Waals surface area contributed by atoms with Crippen molar-refractivity contribution in [2.75, 3.05) is 5.32 Å². The fourth-order valence-electron chi connectivity index (χ4n) is 2.71. The van der Waals surface area contributed by atoms with Crippen molar-refractivity contribution in [2.24, 2.45) is 0 Å². The number of non-ortho nitro benzene ring substituents is 1. The fourth-order valence-corrected chi connectivity index (χ4v) is 2.71. The van der Waals surface area contributed by atoms with Gasteiger partial charge in [0.2, 0.25) is 0 Å². The summed E-state index contributed by atoms with van der Waals surface area (Å²) < 4.78 is 17.0. The Kier molecular flexibility index (Phi) is 4.57. The molecule has 4 rings (SSSR count). The van der Waals surface area contributed by atoms with Gasteiger partial charge in [0.15, 0.2) is 11.5 Å². The zero-order valence-corrected chi connectivity index (χ0v) is 14.8. The van der Waals surface area contributed by atoms with Gasteiger partial charge in [-0.05, 0) is 36.4 Å². The summed E-state index contributed by atoms with van der Waals surface area (Å²) in [6, 6.07) is 13.2. The second-order valence-electron chi connectivity index (χ2n) is 5.99. The smallest absolute Gasteiger partial charge is 0.276 e. The summed E-state index contributed by atoms with van der Waals surface area (Å²) in [6.07, 6.45) is 4.65. The van der Waals surface area contributed by atoms with Crippen LogP contribution >= 0.6 is 0 Å². The third kappa shape index (κ3) is 3.72. The molecule has 1 N–H and O–H groups in total. The van der Waals surface area contributed by atoms with E-state index in [0.29, 0.717) is 5.69 Å². The molecule has 4 aromatic rings. The molecule has 9 nitrogen and oxygen atoms in total. The number of hydrogen-bond acceptors (Lipinski definition) is 5. The van der Waals surface area contributed by atoms with Crippen molar-refractivity contribution < 1.29 is 14.1 Å². The molecule has 0 aliphatic heterocycles. The monoisotopic (exact) mass is 392 g/mol. The Labute approximate surface area is 163 Å². The minimum atomic E-state index is -0.548. The summed E-state index contributed by atoms with van der Waals surface area (Å²) in [6.45, 7) is 0. The van der Waals surface area contributed by atoms with E-state index >= 15 is 0 Å². The number of nitro benzene ring substituents is 1. The van der Waals surface area contributed by atoms with Gasteiger partial charge < -0.3 is 5.32 Å². The van der Waals surface area contributed by atoms with Crippen molar-refractivity contribution in [3.8, 4) is 11.4 Å². The molecule has 1 amide bonds. The summed E-state index contributed by atoms with van der Waals surface area (Å²) in [7, 11) is 0. The van der Waals surface area contributed by atoms with Gasteiger partial charge in [0.05, 0.1) is 10.6 Å². The molecule has 2 heterocycles. The first-order chi connectivity index (χ1) is 14.0. The Morgan fingerprint density at radius 1 is 1.07 bits per heavy atom. The molecule has 0 atom stereocenters. The molecular formula is C19H13FN6O3. The summed E-state index contributed by atoms with van der Waals surface area (Å²) in [5, 5.41) is 21.6. The number of hydrogen-bond donors (Lipinski definition) is 1. The van der Waals surface area contributed by atoms with Gasteiger partial charge in [-0.25, -0.2) is 13.8 Å². The molecule has 0 spiro atoms. The standard InChI is InChI=1S/C19H13FN6O3/c20-16-11-13(5-6-18(16)25-9-2-8-21-25)22-19(27)17-7-10-24(23-17)14-3-1-4-15(12-14)26(28)29/h1-12H,(H,22,27). The number of amides is 1. The number of rotatable bonds is 5. The van der Waals surface area contributed by atoms with Crippen LogP contribution in [0.5, 0.6) is 0 Å². The van der Waals surface area contributed by atoms with Gasteiger partial charge in [0.1, 0.15) is 5.69 Å². The molecule has 0 unspecified atom stereocenters. The highest BCUT2D eigenvalue weighted by molar-refractivity contribution is 6.02. The van der Waals surface area contributed by atoms with Gasteiger partial charge in [-0.15, -0.1) is 0 Å². The van der Waals surface area contributed by atoms with E-state index in [1.807, 2.05) is 0 Å². The van der Waals surface area contributed by atoms with Crippen LogP contribution in [0.25, 0.3) is 11.4 Å². The number of nitro groups is 1. The first kappa shape index (κ1) is 18.0. The first-order valence-corrected chi connectivity index (χ1v) is 8.43. The van der Waals surface area contributed by atoms with Gasteiger partial charge in [-0.3, -0.25) is 14.9 Å². The number of aromatic nitrogens is 4. The van der Waals surface area contributed by atoms with Crippen molar-refractivity contribution in [3.05, 3.63) is 94.8 Å². The summed E-state index contributed by atoms with van der Waals surface area (Å²) in [4.78, 5) is 22.8. The van der Waals surface area contributed by atoms with Crippen LogP contribution in [0.3, 0.4) is 0 Å². The van der Waals surface area contributed by atoms with Crippen molar-refractivity contribution in [2.45, 2.75) is 0 Å². The molecule has 0 radical (unpaired) electrons. The van der Waals surface area contributed by atoms with E-state index in [9.17, 15) is 19.3 Å². The molecule has 0 saturated heterocycles. The number of anilines is 1. The maximum absolute atomic E-state index is 14.3. The number of nitrogens with zero attached hydrogens (tertiary/aromatic N) is 5. The second kappa shape index (κ2) is 7.35. The van der Waals surface area contributed by atoms with E-state index in [2.05, 4.69) is 15.5 Å². The summed E-state index contributed by atoms with van der Waals surface area (Å²) >= 11 is 0. The second-order valence-corrected chi connectivity index (χ2v) is 5.99. The largest absolute Gasteiger partial charge is 0.320 e. The topological polar surface area (TPSA) is 108 Å². The van der Waals surface area contributed by atoms with Crippen molar-refractivity contribution in [1.82, 2.24) is 19.6 Å². The Bertz CT molecular complexity index is 1200. The van der Waals surface area contributed by atoms with Crippen LogP contribution in [0.1, 0.15) is 10.5 Å². The lowest BCUT2D eigenvalue weighted by molar-refractivity contribution is -0.384. The molecule has 2 aromatic heterocycles. The predicted octanol–water partition coefficient (Wildman–Crippen LogP) is 3.36. The third-order valence-corrected chi connectivity index (χ3v) is 4.08. The third-order valence-electron chi connectivity index (χ3n) is 4.08. The fraction of sp³-hybridized carbons (Fsp3) is 0. The van der Waals surface area contributed by atoms with Gasteiger partial charge in [-0.1, -0.05) is 6.07 Å². The van der Waals surface area contributed by atoms with Gasteiger partial charge >= 0.3 is 0 Å². The first-order valence-electron chi connectivity index (χ1n) is 8.43. The van der Waals surface area contributed by atoms with Crippen LogP contribution in [-0.2, 0) is 0 Å². The lowest BCUT2D eigenvalue weighted by Crippen LogP contribution is -2.13. The lowest BCUT2D eigenvalue weighted by atomic mass is 10.2. The zero-order valence-electron chi connectivity index (χ0n) is 14.8. The van der Waals surface area contributed by atoms with E-state index in [-0.39, 0.29) is 22.8 Å². The lowest BCUT2D eigenvalue weighted by Gasteiger charge is -2.07. The number of nitrogens with one attached hydrogen (secondary N) is 1. The normalized spacial score (nSPS) is 10.7. The van der Waals surface area contributed by atoms with Crippen LogP contribution in [0, 0.1) is 15.9 Å². The quantitative estimate of drug-likeness (QED) is 0.414. The Morgan fingerprint density at radius 3 is 2.66 bits per heavy atom. The van der Waals surface area contributed by atoms with Crippen molar-refractivity contribution >= 4 is 17.3 Å².